The van der Waals surface area contributed by atoms with E-state index >= 15 is 0 Å². The first-order valence-electron chi connectivity index (χ1n) is 7.94. The summed E-state index contributed by atoms with van der Waals surface area (Å²) in [5, 5.41) is 4.77. The third-order valence-corrected chi connectivity index (χ3v) is 5.03. The molecule has 2 heterocycles. The van der Waals surface area contributed by atoms with E-state index < -0.39 is 0 Å². The first-order chi connectivity index (χ1) is 11.5. The molecule has 0 saturated carbocycles. The van der Waals surface area contributed by atoms with E-state index in [1.54, 1.807) is 17.0 Å². The number of hydrogen-bond acceptors (Lipinski definition) is 3. The molecule has 1 aliphatic rings. The maximum atomic E-state index is 13.1. The minimum absolute atomic E-state index is 0.00873. The number of thiophene rings is 1. The summed E-state index contributed by atoms with van der Waals surface area (Å²) in [5.41, 5.74) is 1.66. The molecule has 1 saturated heterocycles. The monoisotopic (exact) mass is 346 g/mol. The molecule has 2 amide bonds. The van der Waals surface area contributed by atoms with Gasteiger partial charge < -0.3 is 10.2 Å². The van der Waals surface area contributed by atoms with Crippen LogP contribution in [0.4, 0.5) is 4.39 Å². The number of carbonyl (C=O) groups excluding carboxylic acids is 2. The van der Waals surface area contributed by atoms with Crippen molar-refractivity contribution in [3.05, 3.63) is 46.4 Å². The molecule has 2 aromatic rings. The van der Waals surface area contributed by atoms with Gasteiger partial charge in [-0.05, 0) is 42.0 Å². The van der Waals surface area contributed by atoms with Crippen molar-refractivity contribution < 1.29 is 14.0 Å². The Balaban J connectivity index is 1.79. The van der Waals surface area contributed by atoms with E-state index in [0.29, 0.717) is 18.0 Å². The van der Waals surface area contributed by atoms with Gasteiger partial charge in [-0.3, -0.25) is 9.59 Å². The summed E-state index contributed by atoms with van der Waals surface area (Å²) >= 11 is 1.39. The van der Waals surface area contributed by atoms with Gasteiger partial charge in [0.1, 0.15) is 5.82 Å². The van der Waals surface area contributed by atoms with Crippen LogP contribution in [0.15, 0.2) is 35.7 Å². The smallest absolute Gasteiger partial charge is 0.264 e. The summed E-state index contributed by atoms with van der Waals surface area (Å²) in [6, 6.07) is 8.06. The molecule has 0 radical (unpaired) electrons. The van der Waals surface area contributed by atoms with Gasteiger partial charge >= 0.3 is 0 Å². The van der Waals surface area contributed by atoms with Crippen molar-refractivity contribution >= 4 is 23.2 Å². The van der Waals surface area contributed by atoms with Crippen molar-refractivity contribution in [3.8, 4) is 11.1 Å². The van der Waals surface area contributed by atoms with Crippen LogP contribution in [-0.4, -0.2) is 35.8 Å². The molecule has 0 spiro atoms. The average molecular weight is 346 g/mol. The molecule has 1 aromatic heterocycles. The van der Waals surface area contributed by atoms with Crippen LogP contribution in [0, 0.1) is 5.82 Å². The predicted octanol–water partition coefficient (Wildman–Crippen LogP) is 3.29. The Hall–Kier alpha value is -2.21. The van der Waals surface area contributed by atoms with Crippen LogP contribution in [0.5, 0.6) is 0 Å². The Kier molecular flexibility index (Phi) is 4.94. The zero-order valence-electron chi connectivity index (χ0n) is 13.4. The van der Waals surface area contributed by atoms with Gasteiger partial charge in [-0.15, -0.1) is 11.3 Å². The van der Waals surface area contributed by atoms with Gasteiger partial charge in [0.25, 0.3) is 5.91 Å². The summed E-state index contributed by atoms with van der Waals surface area (Å²) in [5.74, 6) is -0.396. The highest BCUT2D eigenvalue weighted by atomic mass is 32.1. The molecule has 0 aliphatic carbocycles. The lowest BCUT2D eigenvalue weighted by molar-refractivity contribution is -0.120. The summed E-state index contributed by atoms with van der Waals surface area (Å²) in [6.07, 6.45) is 1.76. The number of hydrogen-bond donors (Lipinski definition) is 1. The lowest BCUT2D eigenvalue weighted by atomic mass is 10.0. The second-order valence-electron chi connectivity index (χ2n) is 5.96. The molecule has 1 fully saturated rings. The quantitative estimate of drug-likeness (QED) is 0.927. The number of nitrogens with one attached hydrogen (secondary N) is 1. The first-order valence-corrected chi connectivity index (χ1v) is 8.82. The molecule has 0 unspecified atom stereocenters. The minimum atomic E-state index is -0.295. The first kappa shape index (κ1) is 16.6. The molecule has 4 nitrogen and oxygen atoms in total. The number of rotatable bonds is 3. The fourth-order valence-electron chi connectivity index (χ4n) is 3.04. The van der Waals surface area contributed by atoms with Gasteiger partial charge in [0, 0.05) is 31.6 Å². The molecule has 1 N–H and O–H groups in total. The minimum Gasteiger partial charge on any atom is -0.352 e. The third kappa shape index (κ3) is 3.64. The Bertz CT molecular complexity index is 742. The van der Waals surface area contributed by atoms with Crippen molar-refractivity contribution in [1.29, 1.82) is 0 Å². The van der Waals surface area contributed by atoms with Gasteiger partial charge in [-0.25, -0.2) is 4.39 Å². The van der Waals surface area contributed by atoms with Gasteiger partial charge in [-0.1, -0.05) is 12.1 Å². The van der Waals surface area contributed by atoms with E-state index in [0.717, 1.165) is 24.0 Å². The van der Waals surface area contributed by atoms with Gasteiger partial charge in [0.05, 0.1) is 4.88 Å². The van der Waals surface area contributed by atoms with Crippen LogP contribution in [0.2, 0.25) is 0 Å². The lowest BCUT2D eigenvalue weighted by Gasteiger charge is -2.33. The van der Waals surface area contributed by atoms with E-state index in [2.05, 4.69) is 5.32 Å². The molecular weight excluding hydrogens is 327 g/mol. The second-order valence-corrected chi connectivity index (χ2v) is 6.88. The SMILES string of the molecule is CC(=O)N[C@H]1CCCN(C(=O)c2sccc2-c2ccc(F)cc2)C1. The van der Waals surface area contributed by atoms with Crippen molar-refractivity contribution in [3.63, 3.8) is 0 Å². The highest BCUT2D eigenvalue weighted by Crippen LogP contribution is 2.30. The van der Waals surface area contributed by atoms with E-state index in [1.165, 1.54) is 30.4 Å². The summed E-state index contributed by atoms with van der Waals surface area (Å²) in [7, 11) is 0. The molecule has 126 valence electrons. The Morgan fingerprint density at radius 1 is 1.25 bits per heavy atom. The van der Waals surface area contributed by atoms with Crippen LogP contribution < -0.4 is 5.32 Å². The van der Waals surface area contributed by atoms with Gasteiger partial charge in [-0.2, -0.15) is 0 Å². The molecule has 0 bridgehead atoms. The number of benzene rings is 1. The van der Waals surface area contributed by atoms with Gasteiger partial charge in [0.2, 0.25) is 5.91 Å². The summed E-state index contributed by atoms with van der Waals surface area (Å²) in [6.45, 7) is 2.71. The highest BCUT2D eigenvalue weighted by molar-refractivity contribution is 7.12. The Morgan fingerprint density at radius 3 is 2.71 bits per heavy atom. The van der Waals surface area contributed by atoms with Crippen LogP contribution in [0.25, 0.3) is 11.1 Å². The molecule has 6 heteroatoms. The fourth-order valence-corrected chi connectivity index (χ4v) is 3.93. The molecule has 1 aliphatic heterocycles. The summed E-state index contributed by atoms with van der Waals surface area (Å²) in [4.78, 5) is 26.6. The van der Waals surface area contributed by atoms with Crippen LogP contribution in [0.3, 0.4) is 0 Å². The van der Waals surface area contributed by atoms with Crippen LogP contribution in [-0.2, 0) is 4.79 Å². The third-order valence-electron chi connectivity index (χ3n) is 4.13. The second kappa shape index (κ2) is 7.13. The Morgan fingerprint density at radius 2 is 2.00 bits per heavy atom. The number of piperidine rings is 1. The maximum absolute atomic E-state index is 13.1. The molecular formula is C18H19FN2O2S. The summed E-state index contributed by atoms with van der Waals surface area (Å²) < 4.78 is 13.1. The zero-order chi connectivity index (χ0) is 17.1. The largest absolute Gasteiger partial charge is 0.352 e. The van der Waals surface area contributed by atoms with E-state index in [9.17, 15) is 14.0 Å². The van der Waals surface area contributed by atoms with Crippen molar-refractivity contribution in [2.24, 2.45) is 0 Å². The molecule has 1 atom stereocenters. The van der Waals surface area contributed by atoms with Crippen LogP contribution >= 0.6 is 11.3 Å². The molecule has 1 aromatic carbocycles. The number of halogens is 1. The number of carbonyl (C=O) groups is 2. The van der Waals surface area contributed by atoms with Crippen molar-refractivity contribution in [2.75, 3.05) is 13.1 Å². The molecule has 3 rings (SSSR count). The number of likely N-dealkylation sites (tertiary alicyclic amines) is 1. The van der Waals surface area contributed by atoms with Gasteiger partial charge in [0.15, 0.2) is 0 Å². The predicted molar refractivity (Wildman–Crippen MR) is 92.5 cm³/mol. The number of nitrogens with zero attached hydrogens (tertiary/aromatic N) is 1. The number of amides is 2. The van der Waals surface area contributed by atoms with Crippen molar-refractivity contribution in [1.82, 2.24) is 10.2 Å². The molecule has 24 heavy (non-hydrogen) atoms. The van der Waals surface area contributed by atoms with E-state index in [-0.39, 0.29) is 23.7 Å². The van der Waals surface area contributed by atoms with Crippen molar-refractivity contribution in [2.45, 2.75) is 25.8 Å². The lowest BCUT2D eigenvalue weighted by Crippen LogP contribution is -2.49. The fraction of sp³-hybridized carbons (Fsp3) is 0.333. The highest BCUT2D eigenvalue weighted by Gasteiger charge is 2.27. The zero-order valence-corrected chi connectivity index (χ0v) is 14.2. The average Bonchev–Trinajstić information content (AvgIpc) is 3.04. The maximum Gasteiger partial charge on any atom is 0.264 e. The van der Waals surface area contributed by atoms with E-state index in [1.807, 2.05) is 11.4 Å². The van der Waals surface area contributed by atoms with E-state index in [4.69, 9.17) is 0 Å². The normalized spacial score (nSPS) is 17.6. The van der Waals surface area contributed by atoms with Crippen LogP contribution in [0.1, 0.15) is 29.4 Å². The Labute approximate surface area is 144 Å². The standard InChI is InChI=1S/C18H19FN2O2S/c1-12(22)20-15-3-2-9-21(11-15)18(23)17-16(8-10-24-17)13-4-6-14(19)7-5-13/h4-8,10,15H,2-3,9,11H2,1H3,(H,20,22)/t15-/m0/s1. The topological polar surface area (TPSA) is 49.4 Å².